The summed E-state index contributed by atoms with van der Waals surface area (Å²) in [6.45, 7) is 3.07. The van der Waals surface area contributed by atoms with Gasteiger partial charge >= 0.3 is 5.97 Å². The molecule has 0 aliphatic heterocycles. The minimum atomic E-state index is -0.994. The van der Waals surface area contributed by atoms with Crippen LogP contribution in [0.1, 0.15) is 13.8 Å². The summed E-state index contributed by atoms with van der Waals surface area (Å²) in [5.41, 5.74) is 0. The van der Waals surface area contributed by atoms with Gasteiger partial charge in [0.25, 0.3) is 0 Å². The van der Waals surface area contributed by atoms with Crippen LogP contribution in [0.5, 0.6) is 0 Å². The fraction of sp³-hybridized carbons (Fsp3) is 0.727. The number of esters is 1. The Morgan fingerprint density at radius 1 is 1.06 bits per heavy atom. The Balaban J connectivity index is 4.58. The second-order valence-electron chi connectivity index (χ2n) is 3.81. The maximum atomic E-state index is 11.8. The average molecular weight is 260 g/mol. The molecular weight excluding hydrogens is 240 g/mol. The third-order valence-corrected chi connectivity index (χ3v) is 2.55. The zero-order chi connectivity index (χ0) is 14.3. The summed E-state index contributed by atoms with van der Waals surface area (Å²) < 4.78 is 9.44. The molecule has 0 fully saturated rings. The second kappa shape index (κ2) is 7.65. The van der Waals surface area contributed by atoms with E-state index < -0.39 is 29.9 Å². The fourth-order valence-electron chi connectivity index (χ4n) is 1.39. The molecule has 0 rings (SSSR count). The fourth-order valence-corrected chi connectivity index (χ4v) is 1.39. The summed E-state index contributed by atoms with van der Waals surface area (Å²) in [6.07, 6.45) is -0.994. The lowest BCUT2D eigenvalue weighted by molar-refractivity contribution is -0.158. The molecule has 7 heteroatoms. The minimum absolute atomic E-state index is 0.317. The van der Waals surface area contributed by atoms with Crippen molar-refractivity contribution < 1.29 is 23.9 Å². The van der Waals surface area contributed by atoms with Gasteiger partial charge in [0.2, 0.25) is 11.8 Å². The van der Waals surface area contributed by atoms with E-state index in [9.17, 15) is 14.4 Å². The van der Waals surface area contributed by atoms with E-state index in [-0.39, 0.29) is 5.91 Å². The lowest BCUT2D eigenvalue weighted by atomic mass is 10.0. The van der Waals surface area contributed by atoms with Gasteiger partial charge in [-0.1, -0.05) is 6.92 Å². The van der Waals surface area contributed by atoms with E-state index in [1.165, 1.54) is 28.2 Å². The molecule has 2 amide bonds. The van der Waals surface area contributed by atoms with Crippen LogP contribution in [0.4, 0.5) is 0 Å². The van der Waals surface area contributed by atoms with Gasteiger partial charge in [-0.2, -0.15) is 0 Å². The highest BCUT2D eigenvalue weighted by Gasteiger charge is 2.32. The Kier molecular flexibility index (Phi) is 6.96. The van der Waals surface area contributed by atoms with Crippen LogP contribution in [-0.4, -0.2) is 51.2 Å². The lowest BCUT2D eigenvalue weighted by Crippen LogP contribution is -2.48. The van der Waals surface area contributed by atoms with Gasteiger partial charge in [0.15, 0.2) is 6.10 Å². The molecule has 0 heterocycles. The van der Waals surface area contributed by atoms with Crippen LogP contribution in [0.15, 0.2) is 0 Å². The summed E-state index contributed by atoms with van der Waals surface area (Å²) in [7, 11) is 4.00. The molecule has 3 atom stereocenters. The molecule has 0 aliphatic carbocycles. The van der Waals surface area contributed by atoms with Crippen molar-refractivity contribution in [3.63, 3.8) is 0 Å². The summed E-state index contributed by atoms with van der Waals surface area (Å²) in [5.74, 6) is -2.16. The number of methoxy groups -OCH3 is 2. The Morgan fingerprint density at radius 3 is 2.00 bits per heavy atom. The first-order chi connectivity index (χ1) is 8.38. The molecule has 0 aromatic rings. The normalized spacial score (nSPS) is 15.2. The highest BCUT2D eigenvalue weighted by atomic mass is 16.6. The quantitative estimate of drug-likeness (QED) is 0.601. The Labute approximate surface area is 106 Å². The maximum absolute atomic E-state index is 11.8. The van der Waals surface area contributed by atoms with Crippen LogP contribution in [0.3, 0.4) is 0 Å². The molecule has 0 aliphatic rings. The molecule has 0 aromatic heterocycles. The topological polar surface area (TPSA) is 93.7 Å². The van der Waals surface area contributed by atoms with Crippen molar-refractivity contribution in [3.8, 4) is 0 Å². The van der Waals surface area contributed by atoms with Crippen molar-refractivity contribution >= 4 is 17.8 Å². The molecule has 2 N–H and O–H groups in total. The summed E-state index contributed by atoms with van der Waals surface area (Å²) in [4.78, 5) is 34.4. The highest BCUT2D eigenvalue weighted by molar-refractivity contribution is 5.90. The lowest BCUT2D eigenvalue weighted by Gasteiger charge is -2.21. The molecular formula is C11H20N2O5. The smallest absolute Gasteiger partial charge is 0.335 e. The molecule has 0 bridgehead atoms. The van der Waals surface area contributed by atoms with Crippen LogP contribution in [-0.2, 0) is 23.9 Å². The molecule has 0 saturated heterocycles. The first-order valence-electron chi connectivity index (χ1n) is 5.51. The van der Waals surface area contributed by atoms with Gasteiger partial charge in [0.05, 0.1) is 13.0 Å². The van der Waals surface area contributed by atoms with E-state index in [1.807, 2.05) is 0 Å². The largest absolute Gasteiger partial charge is 0.467 e. The van der Waals surface area contributed by atoms with Crippen molar-refractivity contribution in [1.29, 1.82) is 0 Å². The van der Waals surface area contributed by atoms with Gasteiger partial charge in [-0.05, 0) is 6.92 Å². The van der Waals surface area contributed by atoms with Gasteiger partial charge in [-0.15, -0.1) is 0 Å². The molecule has 0 aromatic carbocycles. The van der Waals surface area contributed by atoms with Crippen molar-refractivity contribution in [2.45, 2.75) is 26.0 Å². The predicted molar refractivity (Wildman–Crippen MR) is 63.6 cm³/mol. The Bertz CT molecular complexity index is 319. The summed E-state index contributed by atoms with van der Waals surface area (Å²) >= 11 is 0. The number of ether oxygens (including phenoxy) is 2. The first-order valence-corrected chi connectivity index (χ1v) is 5.51. The van der Waals surface area contributed by atoms with Gasteiger partial charge in [-0.25, -0.2) is 4.79 Å². The molecule has 3 unspecified atom stereocenters. The number of carbonyl (C=O) groups excluding carboxylic acids is 3. The highest BCUT2D eigenvalue weighted by Crippen LogP contribution is 2.09. The maximum Gasteiger partial charge on any atom is 0.335 e. The van der Waals surface area contributed by atoms with E-state index in [4.69, 9.17) is 4.74 Å². The standard InChI is InChI=1S/C11H20N2O5/c1-6(8(17-4)11(16)18-5)9(14)13-7(2)10(15)12-3/h6-8H,1-5H3,(H,12,15)(H,13,14). The van der Waals surface area contributed by atoms with E-state index in [1.54, 1.807) is 6.92 Å². The van der Waals surface area contributed by atoms with Crippen LogP contribution in [0.2, 0.25) is 0 Å². The summed E-state index contributed by atoms with van der Waals surface area (Å²) in [6, 6.07) is -0.680. The van der Waals surface area contributed by atoms with Gasteiger partial charge in [0.1, 0.15) is 6.04 Å². The van der Waals surface area contributed by atoms with Crippen molar-refractivity contribution in [3.05, 3.63) is 0 Å². The van der Waals surface area contributed by atoms with E-state index >= 15 is 0 Å². The molecule has 0 radical (unpaired) electrons. The van der Waals surface area contributed by atoms with E-state index in [0.717, 1.165) is 0 Å². The predicted octanol–water partition coefficient (Wildman–Crippen LogP) is -0.939. The monoisotopic (exact) mass is 260 g/mol. The van der Waals surface area contributed by atoms with Crippen molar-refractivity contribution in [2.75, 3.05) is 21.3 Å². The number of rotatable bonds is 6. The Hall–Kier alpha value is -1.63. The SMILES string of the molecule is CNC(=O)C(C)NC(=O)C(C)C(OC)C(=O)OC. The van der Waals surface area contributed by atoms with Crippen molar-refractivity contribution in [2.24, 2.45) is 5.92 Å². The first kappa shape index (κ1) is 16.4. The molecule has 104 valence electrons. The second-order valence-corrected chi connectivity index (χ2v) is 3.81. The van der Waals surface area contributed by atoms with Gasteiger partial charge in [0, 0.05) is 14.2 Å². The third kappa shape index (κ3) is 4.33. The molecule has 7 nitrogen and oxygen atoms in total. The zero-order valence-corrected chi connectivity index (χ0v) is 11.3. The number of hydrogen-bond donors (Lipinski definition) is 2. The molecule has 0 spiro atoms. The van der Waals surface area contributed by atoms with Gasteiger partial charge in [-0.3, -0.25) is 9.59 Å². The van der Waals surface area contributed by atoms with E-state index in [2.05, 4.69) is 15.4 Å². The minimum Gasteiger partial charge on any atom is -0.467 e. The third-order valence-electron chi connectivity index (χ3n) is 2.55. The number of amides is 2. The number of nitrogens with one attached hydrogen (secondary N) is 2. The van der Waals surface area contributed by atoms with Crippen LogP contribution in [0.25, 0.3) is 0 Å². The molecule has 0 saturated carbocycles. The summed E-state index contributed by atoms with van der Waals surface area (Å²) in [5, 5.41) is 4.89. The van der Waals surface area contributed by atoms with E-state index in [0.29, 0.717) is 0 Å². The van der Waals surface area contributed by atoms with Crippen molar-refractivity contribution in [1.82, 2.24) is 10.6 Å². The van der Waals surface area contributed by atoms with Crippen LogP contribution >= 0.6 is 0 Å². The van der Waals surface area contributed by atoms with Gasteiger partial charge < -0.3 is 20.1 Å². The zero-order valence-electron chi connectivity index (χ0n) is 11.3. The Morgan fingerprint density at radius 2 is 1.61 bits per heavy atom. The number of likely N-dealkylation sites (N-methyl/N-ethyl adjacent to an activating group) is 1. The molecule has 18 heavy (non-hydrogen) atoms. The van der Waals surface area contributed by atoms with Crippen LogP contribution in [0, 0.1) is 5.92 Å². The van der Waals surface area contributed by atoms with Crippen LogP contribution < -0.4 is 10.6 Å². The number of carbonyl (C=O) groups is 3. The number of hydrogen-bond acceptors (Lipinski definition) is 5. The average Bonchev–Trinajstić information content (AvgIpc) is 2.37.